The summed E-state index contributed by atoms with van der Waals surface area (Å²) in [5.41, 5.74) is -0.505. The number of carboxylic acids is 1. The zero-order valence-electron chi connectivity index (χ0n) is 14.1. The number of aliphatic carboxylic acids is 1. The number of hydrogen-bond donors (Lipinski definition) is 2. The van der Waals surface area contributed by atoms with Gasteiger partial charge in [0.2, 0.25) is 5.91 Å². The molecular weight excluding hydrogens is 352 g/mol. The van der Waals surface area contributed by atoms with Gasteiger partial charge >= 0.3 is 11.9 Å². The minimum atomic E-state index is -3.78. The molecule has 140 valence electrons. The Kier molecular flexibility index (Phi) is 5.83. The van der Waals surface area contributed by atoms with Gasteiger partial charge < -0.3 is 15.2 Å². The molecule has 2 rings (SSSR count). The summed E-state index contributed by atoms with van der Waals surface area (Å²) < 4.78 is 29.8. The normalized spacial score (nSPS) is 24.6. The van der Waals surface area contributed by atoms with E-state index in [9.17, 15) is 27.9 Å². The van der Waals surface area contributed by atoms with Crippen LogP contribution in [0, 0.1) is 0 Å². The third kappa shape index (κ3) is 3.84. The molecule has 0 aromatic heterocycles. The predicted molar refractivity (Wildman–Crippen MR) is 87.0 cm³/mol. The number of hydrogen-bond acceptors (Lipinski definition) is 7. The van der Waals surface area contributed by atoms with Crippen LogP contribution in [0.25, 0.3) is 0 Å². The maximum atomic E-state index is 12.5. The zero-order valence-corrected chi connectivity index (χ0v) is 15.0. The highest BCUT2D eigenvalue weighted by Gasteiger charge is 2.59. The van der Waals surface area contributed by atoms with Crippen molar-refractivity contribution in [1.29, 1.82) is 0 Å². The summed E-state index contributed by atoms with van der Waals surface area (Å²) in [5, 5.41) is 11.1. The number of esters is 1. The molecule has 1 amide bonds. The maximum Gasteiger partial charge on any atom is 0.352 e. The van der Waals surface area contributed by atoms with Crippen molar-refractivity contribution < 1.29 is 32.6 Å². The standard InChI is InChI=1S/C15H22N2O7S/c1-3-4-5-6-16-11-13(19)17-12(15(20)21)10(7-24-9(2)18)8-25(22,23)14(11)17/h11,14,16H,3-8H2,1-2H3,(H,20,21)/t11-,14-/m0/s1. The summed E-state index contributed by atoms with van der Waals surface area (Å²) >= 11 is 0. The fourth-order valence-corrected chi connectivity index (χ4v) is 5.04. The quantitative estimate of drug-likeness (QED) is 0.334. The number of carbonyl (C=O) groups is 3. The Hall–Kier alpha value is -1.94. The van der Waals surface area contributed by atoms with Crippen LogP contribution in [0.4, 0.5) is 0 Å². The summed E-state index contributed by atoms with van der Waals surface area (Å²) in [7, 11) is -3.78. The fraction of sp³-hybridized carbons (Fsp3) is 0.667. The van der Waals surface area contributed by atoms with E-state index in [2.05, 4.69) is 5.32 Å². The molecule has 2 heterocycles. The van der Waals surface area contributed by atoms with E-state index in [1.807, 2.05) is 6.92 Å². The van der Waals surface area contributed by atoms with Gasteiger partial charge in [0, 0.05) is 12.5 Å². The molecule has 0 unspecified atom stereocenters. The lowest BCUT2D eigenvalue weighted by molar-refractivity contribution is -0.149. The second-order valence-corrected chi connectivity index (χ2v) is 8.18. The van der Waals surface area contributed by atoms with Crippen LogP contribution in [-0.2, 0) is 29.0 Å². The van der Waals surface area contributed by atoms with Gasteiger partial charge in [-0.2, -0.15) is 0 Å². The number of fused-ring (bicyclic) bond motifs is 1. The summed E-state index contributed by atoms with van der Waals surface area (Å²) in [6.07, 6.45) is 2.73. The highest BCUT2D eigenvalue weighted by atomic mass is 32.2. The first-order valence-corrected chi connectivity index (χ1v) is 9.79. The minimum Gasteiger partial charge on any atom is -0.477 e. The molecule has 0 aromatic carbocycles. The van der Waals surface area contributed by atoms with Gasteiger partial charge in [-0.25, -0.2) is 13.2 Å². The molecule has 0 radical (unpaired) electrons. The molecular formula is C15H22N2O7S. The predicted octanol–water partition coefficient (Wildman–Crippen LogP) is -0.367. The number of amides is 1. The molecule has 10 heteroatoms. The molecule has 0 bridgehead atoms. The highest BCUT2D eigenvalue weighted by molar-refractivity contribution is 7.92. The van der Waals surface area contributed by atoms with Gasteiger partial charge in [-0.15, -0.1) is 0 Å². The van der Waals surface area contributed by atoms with E-state index in [0.717, 1.165) is 31.1 Å². The van der Waals surface area contributed by atoms with Crippen LogP contribution in [-0.4, -0.2) is 66.6 Å². The van der Waals surface area contributed by atoms with E-state index >= 15 is 0 Å². The SMILES string of the molecule is CCCCCN[C@H]1C(=O)N2C(C(=O)O)=C(COC(C)=O)CS(=O)(=O)[C@@H]12. The molecule has 9 nitrogen and oxygen atoms in total. The molecule has 0 aromatic rings. The van der Waals surface area contributed by atoms with Crippen LogP contribution in [0.5, 0.6) is 0 Å². The number of carboxylic acid groups (broad SMARTS) is 1. The fourth-order valence-electron chi connectivity index (χ4n) is 3.01. The van der Waals surface area contributed by atoms with Crippen molar-refractivity contribution in [1.82, 2.24) is 10.2 Å². The number of rotatable bonds is 8. The Balaban J connectivity index is 2.25. The molecule has 1 saturated heterocycles. The minimum absolute atomic E-state index is 0.100. The summed E-state index contributed by atoms with van der Waals surface area (Å²) in [5.74, 6) is -3.23. The van der Waals surface area contributed by atoms with Crippen molar-refractivity contribution in [2.75, 3.05) is 18.9 Å². The second-order valence-electron chi connectivity index (χ2n) is 6.08. The van der Waals surface area contributed by atoms with Crippen LogP contribution in [0.3, 0.4) is 0 Å². The summed E-state index contributed by atoms with van der Waals surface area (Å²) in [6.45, 7) is 3.17. The molecule has 0 spiro atoms. The van der Waals surface area contributed by atoms with Crippen LogP contribution < -0.4 is 5.32 Å². The molecule has 0 aliphatic carbocycles. The maximum absolute atomic E-state index is 12.5. The molecule has 2 atom stereocenters. The smallest absolute Gasteiger partial charge is 0.352 e. The van der Waals surface area contributed by atoms with Gasteiger partial charge in [0.05, 0.1) is 5.75 Å². The molecule has 2 N–H and O–H groups in total. The monoisotopic (exact) mass is 374 g/mol. The average molecular weight is 374 g/mol. The zero-order chi connectivity index (χ0) is 18.8. The van der Waals surface area contributed by atoms with E-state index in [1.165, 1.54) is 0 Å². The Morgan fingerprint density at radius 2 is 2.04 bits per heavy atom. The lowest BCUT2D eigenvalue weighted by Gasteiger charge is -2.49. The second kappa shape index (κ2) is 7.52. The molecule has 2 aliphatic heterocycles. The Morgan fingerprint density at radius 1 is 1.36 bits per heavy atom. The Labute approximate surface area is 145 Å². The van der Waals surface area contributed by atoms with Gasteiger partial charge in [-0.3, -0.25) is 14.5 Å². The van der Waals surface area contributed by atoms with Crippen LogP contribution in [0.15, 0.2) is 11.3 Å². The lowest BCUT2D eigenvalue weighted by Crippen LogP contribution is -2.74. The number of sulfone groups is 1. The molecule has 25 heavy (non-hydrogen) atoms. The number of ether oxygens (including phenoxy) is 1. The number of β-lactam (4-membered cyclic amide) rings is 1. The molecule has 2 aliphatic rings. The van der Waals surface area contributed by atoms with E-state index in [-0.39, 0.29) is 5.57 Å². The lowest BCUT2D eigenvalue weighted by atomic mass is 10.0. The van der Waals surface area contributed by atoms with Crippen molar-refractivity contribution >= 4 is 27.7 Å². The van der Waals surface area contributed by atoms with Crippen LogP contribution >= 0.6 is 0 Å². The van der Waals surface area contributed by atoms with E-state index < -0.39 is 57.2 Å². The van der Waals surface area contributed by atoms with Gasteiger partial charge in [-0.05, 0) is 13.0 Å². The highest BCUT2D eigenvalue weighted by Crippen LogP contribution is 2.36. The first-order chi connectivity index (χ1) is 11.7. The van der Waals surface area contributed by atoms with Gasteiger partial charge in [0.1, 0.15) is 18.3 Å². The van der Waals surface area contributed by atoms with E-state index in [1.54, 1.807) is 0 Å². The third-order valence-electron chi connectivity index (χ3n) is 4.16. The van der Waals surface area contributed by atoms with Gasteiger partial charge in [0.15, 0.2) is 15.2 Å². The van der Waals surface area contributed by atoms with Crippen molar-refractivity contribution in [2.24, 2.45) is 0 Å². The Morgan fingerprint density at radius 3 is 2.60 bits per heavy atom. The largest absolute Gasteiger partial charge is 0.477 e. The molecule has 0 saturated carbocycles. The summed E-state index contributed by atoms with van der Waals surface area (Å²) in [4.78, 5) is 35.6. The number of unbranched alkanes of at least 4 members (excludes halogenated alkanes) is 2. The Bertz CT molecular complexity index is 713. The van der Waals surface area contributed by atoms with E-state index in [4.69, 9.17) is 4.74 Å². The van der Waals surface area contributed by atoms with Gasteiger partial charge in [0.25, 0.3) is 0 Å². The number of nitrogens with zero attached hydrogens (tertiary/aromatic N) is 1. The van der Waals surface area contributed by atoms with Gasteiger partial charge in [-0.1, -0.05) is 19.8 Å². The third-order valence-corrected chi connectivity index (χ3v) is 6.13. The van der Waals surface area contributed by atoms with Crippen molar-refractivity contribution in [3.63, 3.8) is 0 Å². The van der Waals surface area contributed by atoms with Crippen molar-refractivity contribution in [3.8, 4) is 0 Å². The van der Waals surface area contributed by atoms with Crippen molar-refractivity contribution in [2.45, 2.75) is 44.5 Å². The number of carbonyl (C=O) groups excluding carboxylic acids is 2. The summed E-state index contributed by atoms with van der Waals surface area (Å²) in [6, 6.07) is -0.938. The number of nitrogens with one attached hydrogen (secondary N) is 1. The van der Waals surface area contributed by atoms with Crippen molar-refractivity contribution in [3.05, 3.63) is 11.3 Å². The van der Waals surface area contributed by atoms with E-state index in [0.29, 0.717) is 6.54 Å². The topological polar surface area (TPSA) is 130 Å². The van der Waals surface area contributed by atoms with Crippen LogP contribution in [0.1, 0.15) is 33.1 Å². The first kappa shape index (κ1) is 19.4. The molecule has 1 fully saturated rings. The first-order valence-electron chi connectivity index (χ1n) is 8.07. The average Bonchev–Trinajstić information content (AvgIpc) is 2.51. The van der Waals surface area contributed by atoms with Crippen LogP contribution in [0.2, 0.25) is 0 Å².